The van der Waals surface area contributed by atoms with Crippen molar-refractivity contribution in [2.45, 2.75) is 13.3 Å². The molecule has 1 aliphatic rings. The quantitative estimate of drug-likeness (QED) is 0.841. The van der Waals surface area contributed by atoms with Gasteiger partial charge in [-0.1, -0.05) is 12.1 Å². The molecule has 1 aromatic carbocycles. The average Bonchev–Trinajstić information content (AvgIpc) is 2.74. The number of nitrogen functional groups attached to an aromatic ring is 1. The maximum absolute atomic E-state index is 12.5. The molecular weight excluding hydrogens is 238 g/mol. The van der Waals surface area contributed by atoms with Crippen LogP contribution in [0.2, 0.25) is 0 Å². The summed E-state index contributed by atoms with van der Waals surface area (Å²) in [6.45, 7) is 4.93. The molecule has 1 atom stereocenters. The van der Waals surface area contributed by atoms with Gasteiger partial charge in [0.15, 0.2) is 0 Å². The summed E-state index contributed by atoms with van der Waals surface area (Å²) < 4.78 is 0. The van der Waals surface area contributed by atoms with Gasteiger partial charge in [0.25, 0.3) is 5.91 Å². The van der Waals surface area contributed by atoms with Gasteiger partial charge in [-0.05, 0) is 44.5 Å². The molecule has 2 N–H and O–H groups in total. The molecule has 0 aromatic heterocycles. The molecule has 1 saturated heterocycles. The summed E-state index contributed by atoms with van der Waals surface area (Å²) in [5.74, 6) is 0.606. The van der Waals surface area contributed by atoms with Crippen molar-refractivity contribution in [1.82, 2.24) is 9.80 Å². The molecule has 0 radical (unpaired) electrons. The minimum atomic E-state index is 0.0325. The van der Waals surface area contributed by atoms with Gasteiger partial charge in [-0.2, -0.15) is 0 Å². The maximum atomic E-state index is 12.5. The van der Waals surface area contributed by atoms with Gasteiger partial charge in [-0.15, -0.1) is 0 Å². The Kier molecular flexibility index (Phi) is 4.10. The zero-order chi connectivity index (χ0) is 14.0. The van der Waals surface area contributed by atoms with Gasteiger partial charge in [-0.25, -0.2) is 0 Å². The molecule has 19 heavy (non-hydrogen) atoms. The summed E-state index contributed by atoms with van der Waals surface area (Å²) in [5, 5.41) is 0. The zero-order valence-electron chi connectivity index (χ0n) is 12.0. The second-order valence-corrected chi connectivity index (χ2v) is 5.64. The van der Waals surface area contributed by atoms with Gasteiger partial charge in [0.2, 0.25) is 0 Å². The van der Waals surface area contributed by atoms with E-state index in [4.69, 9.17) is 5.73 Å². The van der Waals surface area contributed by atoms with E-state index in [0.717, 1.165) is 31.6 Å². The van der Waals surface area contributed by atoms with Crippen molar-refractivity contribution < 1.29 is 4.79 Å². The first-order valence-electron chi connectivity index (χ1n) is 6.78. The molecule has 1 heterocycles. The summed E-state index contributed by atoms with van der Waals surface area (Å²) >= 11 is 0. The van der Waals surface area contributed by atoms with Crippen LogP contribution in [0.5, 0.6) is 0 Å². The van der Waals surface area contributed by atoms with E-state index in [2.05, 4.69) is 11.9 Å². The number of hydrogen-bond acceptors (Lipinski definition) is 3. The number of rotatable bonds is 3. The molecule has 0 bridgehead atoms. The predicted molar refractivity (Wildman–Crippen MR) is 78.2 cm³/mol. The molecule has 1 amide bonds. The van der Waals surface area contributed by atoms with Gasteiger partial charge in [0.05, 0.1) is 5.56 Å². The number of hydrogen-bond donors (Lipinski definition) is 1. The Morgan fingerprint density at radius 3 is 2.84 bits per heavy atom. The zero-order valence-corrected chi connectivity index (χ0v) is 12.0. The predicted octanol–water partition coefficient (Wildman–Crippen LogP) is 1.60. The lowest BCUT2D eigenvalue weighted by Crippen LogP contribution is -2.33. The molecule has 0 aliphatic carbocycles. The van der Waals surface area contributed by atoms with Crippen LogP contribution in [0.15, 0.2) is 18.2 Å². The fraction of sp³-hybridized carbons (Fsp3) is 0.533. The summed E-state index contributed by atoms with van der Waals surface area (Å²) in [7, 11) is 3.99. The number of carbonyl (C=O) groups is 1. The van der Waals surface area contributed by atoms with E-state index in [1.165, 1.54) is 0 Å². The van der Waals surface area contributed by atoms with E-state index in [1.807, 2.05) is 31.0 Å². The second kappa shape index (κ2) is 5.61. The van der Waals surface area contributed by atoms with Crippen LogP contribution in [0.3, 0.4) is 0 Å². The first-order valence-corrected chi connectivity index (χ1v) is 6.78. The number of likely N-dealkylation sites (tertiary alicyclic amines) is 1. The third-order valence-corrected chi connectivity index (χ3v) is 3.89. The highest BCUT2D eigenvalue weighted by Crippen LogP contribution is 2.20. The Morgan fingerprint density at radius 1 is 1.53 bits per heavy atom. The number of carbonyl (C=O) groups excluding carboxylic acids is 1. The normalized spacial score (nSPS) is 19.6. The fourth-order valence-corrected chi connectivity index (χ4v) is 2.82. The molecular formula is C15H23N3O. The van der Waals surface area contributed by atoms with Crippen molar-refractivity contribution in [3.05, 3.63) is 29.3 Å². The van der Waals surface area contributed by atoms with Crippen molar-refractivity contribution in [3.8, 4) is 0 Å². The van der Waals surface area contributed by atoms with E-state index in [1.54, 1.807) is 6.07 Å². The number of benzene rings is 1. The monoisotopic (exact) mass is 261 g/mol. The standard InChI is InChI=1S/C15H23N3O/c1-11-5-4-6-13(16)14(11)15(19)18(3)10-12-7-8-17(2)9-12/h4-6,12H,7-10,16H2,1-3H3. The molecule has 4 heteroatoms. The lowest BCUT2D eigenvalue weighted by Gasteiger charge is -2.22. The number of anilines is 1. The molecule has 2 rings (SSSR count). The first-order chi connectivity index (χ1) is 8.99. The van der Waals surface area contributed by atoms with Gasteiger partial charge < -0.3 is 15.5 Å². The third-order valence-electron chi connectivity index (χ3n) is 3.89. The van der Waals surface area contributed by atoms with Crippen molar-refractivity contribution in [1.29, 1.82) is 0 Å². The van der Waals surface area contributed by atoms with Gasteiger partial charge in [-0.3, -0.25) is 4.79 Å². The Bertz CT molecular complexity index is 452. The molecule has 0 spiro atoms. The van der Waals surface area contributed by atoms with Crippen molar-refractivity contribution >= 4 is 11.6 Å². The number of amides is 1. The summed E-state index contributed by atoms with van der Waals surface area (Å²) in [6, 6.07) is 5.60. The van der Waals surface area contributed by atoms with E-state index < -0.39 is 0 Å². The summed E-state index contributed by atoms with van der Waals surface area (Å²) in [4.78, 5) is 16.6. The molecule has 1 aliphatic heterocycles. The Balaban J connectivity index is 2.07. The van der Waals surface area contributed by atoms with Gasteiger partial charge >= 0.3 is 0 Å². The number of aryl methyl sites for hydroxylation is 1. The largest absolute Gasteiger partial charge is 0.398 e. The molecule has 0 saturated carbocycles. The van der Waals surface area contributed by atoms with Crippen LogP contribution in [-0.2, 0) is 0 Å². The number of nitrogens with two attached hydrogens (primary N) is 1. The smallest absolute Gasteiger partial charge is 0.255 e. The molecule has 1 aromatic rings. The van der Waals surface area contributed by atoms with Crippen LogP contribution < -0.4 is 5.73 Å². The molecule has 104 valence electrons. The topological polar surface area (TPSA) is 49.6 Å². The van der Waals surface area contributed by atoms with Gasteiger partial charge in [0.1, 0.15) is 0 Å². The van der Waals surface area contributed by atoms with Crippen LogP contribution in [0, 0.1) is 12.8 Å². The van der Waals surface area contributed by atoms with Crippen LogP contribution in [-0.4, -0.2) is 49.4 Å². The minimum Gasteiger partial charge on any atom is -0.398 e. The molecule has 1 fully saturated rings. The van der Waals surface area contributed by atoms with Crippen molar-refractivity contribution in [3.63, 3.8) is 0 Å². The maximum Gasteiger partial charge on any atom is 0.255 e. The SMILES string of the molecule is Cc1cccc(N)c1C(=O)N(C)CC1CCN(C)C1. The summed E-state index contributed by atoms with van der Waals surface area (Å²) in [6.07, 6.45) is 1.16. The van der Waals surface area contributed by atoms with Crippen molar-refractivity contribution in [2.75, 3.05) is 39.5 Å². The third kappa shape index (κ3) is 3.07. The molecule has 1 unspecified atom stereocenters. The highest BCUT2D eigenvalue weighted by Gasteiger charge is 2.24. The van der Waals surface area contributed by atoms with Crippen LogP contribution >= 0.6 is 0 Å². The highest BCUT2D eigenvalue weighted by molar-refractivity contribution is 6.00. The Hall–Kier alpha value is -1.55. The van der Waals surface area contributed by atoms with E-state index >= 15 is 0 Å². The van der Waals surface area contributed by atoms with Gasteiger partial charge in [0, 0.05) is 25.8 Å². The van der Waals surface area contributed by atoms with E-state index in [-0.39, 0.29) is 5.91 Å². The fourth-order valence-electron chi connectivity index (χ4n) is 2.82. The van der Waals surface area contributed by atoms with Crippen LogP contribution in [0.4, 0.5) is 5.69 Å². The van der Waals surface area contributed by atoms with Crippen molar-refractivity contribution in [2.24, 2.45) is 5.92 Å². The van der Waals surface area contributed by atoms with Crippen LogP contribution in [0.25, 0.3) is 0 Å². The van der Waals surface area contributed by atoms with E-state index in [9.17, 15) is 4.79 Å². The lowest BCUT2D eigenvalue weighted by molar-refractivity contribution is 0.0774. The Morgan fingerprint density at radius 2 is 2.26 bits per heavy atom. The first kappa shape index (κ1) is 13.9. The average molecular weight is 261 g/mol. The highest BCUT2D eigenvalue weighted by atomic mass is 16.2. The summed E-state index contributed by atoms with van der Waals surface area (Å²) in [5.41, 5.74) is 8.10. The van der Waals surface area contributed by atoms with Crippen LogP contribution in [0.1, 0.15) is 22.3 Å². The second-order valence-electron chi connectivity index (χ2n) is 5.64. The lowest BCUT2D eigenvalue weighted by atomic mass is 10.0. The minimum absolute atomic E-state index is 0.0325. The molecule has 4 nitrogen and oxygen atoms in total. The number of nitrogens with zero attached hydrogens (tertiary/aromatic N) is 2. The van der Waals surface area contributed by atoms with E-state index in [0.29, 0.717) is 17.2 Å². The Labute approximate surface area is 115 Å².